The van der Waals surface area contributed by atoms with E-state index in [4.69, 9.17) is 4.74 Å². The quantitative estimate of drug-likeness (QED) is 0.680. The number of carbonyl (C=O) groups is 1. The summed E-state index contributed by atoms with van der Waals surface area (Å²) in [6.07, 6.45) is 2.01. The fourth-order valence-electron chi connectivity index (χ4n) is 2.33. The lowest BCUT2D eigenvalue weighted by Crippen LogP contribution is -2.31. The number of hydrogen-bond donors (Lipinski definition) is 1. The molecule has 8 heteroatoms. The zero-order valence-corrected chi connectivity index (χ0v) is 17.4. The third-order valence-electron chi connectivity index (χ3n) is 3.97. The molecular weight excluding hydrogens is 384 g/mol. The van der Waals surface area contributed by atoms with Crippen LogP contribution < -0.4 is 10.1 Å². The lowest BCUT2D eigenvalue weighted by Gasteiger charge is -2.15. The molecule has 0 aliphatic carbocycles. The summed E-state index contributed by atoms with van der Waals surface area (Å²) in [5.74, 6) is 0.182. The Morgan fingerprint density at radius 3 is 2.22 bits per heavy atom. The summed E-state index contributed by atoms with van der Waals surface area (Å²) in [7, 11) is -0.535. The van der Waals surface area contributed by atoms with E-state index in [9.17, 15) is 13.2 Å². The first kappa shape index (κ1) is 21.3. The Hall–Kier alpha value is -2.03. The van der Waals surface area contributed by atoms with E-state index < -0.39 is 10.0 Å². The number of nitrogens with one attached hydrogen (secondary N) is 1. The van der Waals surface area contributed by atoms with Crippen LogP contribution in [0.3, 0.4) is 0 Å². The molecule has 1 amide bonds. The Bertz CT molecular complexity index is 864. The summed E-state index contributed by atoms with van der Waals surface area (Å²) >= 11 is 1.67. The molecule has 6 nitrogen and oxygen atoms in total. The maximum absolute atomic E-state index is 12.1. The molecule has 0 fully saturated rings. The van der Waals surface area contributed by atoms with Crippen LogP contribution in [0.5, 0.6) is 5.75 Å². The van der Waals surface area contributed by atoms with E-state index in [-0.39, 0.29) is 23.5 Å². The van der Waals surface area contributed by atoms with Crippen molar-refractivity contribution in [3.05, 3.63) is 54.1 Å². The molecule has 0 saturated carbocycles. The first-order valence-corrected chi connectivity index (χ1v) is 11.0. The summed E-state index contributed by atoms with van der Waals surface area (Å²) in [6.45, 7) is 1.76. The van der Waals surface area contributed by atoms with Gasteiger partial charge in [0.2, 0.25) is 10.0 Å². The number of hydrogen-bond acceptors (Lipinski definition) is 5. The van der Waals surface area contributed by atoms with E-state index in [1.54, 1.807) is 11.8 Å². The Morgan fingerprint density at radius 2 is 1.70 bits per heavy atom. The van der Waals surface area contributed by atoms with Gasteiger partial charge in [0.05, 0.1) is 10.9 Å². The van der Waals surface area contributed by atoms with Crippen molar-refractivity contribution in [1.29, 1.82) is 0 Å². The van der Waals surface area contributed by atoms with E-state index in [0.717, 1.165) is 9.87 Å². The molecule has 0 bridgehead atoms. The van der Waals surface area contributed by atoms with Crippen molar-refractivity contribution in [1.82, 2.24) is 9.62 Å². The van der Waals surface area contributed by atoms with E-state index in [1.165, 1.54) is 43.3 Å². The van der Waals surface area contributed by atoms with Gasteiger partial charge in [-0.25, -0.2) is 12.7 Å². The molecule has 2 rings (SSSR count). The zero-order valence-electron chi connectivity index (χ0n) is 15.8. The Kier molecular flexibility index (Phi) is 7.29. The van der Waals surface area contributed by atoms with Crippen LogP contribution in [0.2, 0.25) is 0 Å². The van der Waals surface area contributed by atoms with Crippen molar-refractivity contribution < 1.29 is 17.9 Å². The van der Waals surface area contributed by atoms with Crippen LogP contribution in [0.1, 0.15) is 18.5 Å². The van der Waals surface area contributed by atoms with Gasteiger partial charge in [0.15, 0.2) is 6.61 Å². The summed E-state index contributed by atoms with van der Waals surface area (Å²) in [6, 6.07) is 13.9. The summed E-state index contributed by atoms with van der Waals surface area (Å²) in [4.78, 5) is 13.4. The molecule has 0 radical (unpaired) electrons. The average Bonchev–Trinajstić information content (AvgIpc) is 2.66. The van der Waals surface area contributed by atoms with Gasteiger partial charge in [0, 0.05) is 19.0 Å². The predicted molar refractivity (Wildman–Crippen MR) is 108 cm³/mol. The highest BCUT2D eigenvalue weighted by Crippen LogP contribution is 2.20. The van der Waals surface area contributed by atoms with Gasteiger partial charge in [-0.05, 0) is 55.1 Å². The van der Waals surface area contributed by atoms with Gasteiger partial charge in [0.25, 0.3) is 5.91 Å². The predicted octanol–water partition coefficient (Wildman–Crippen LogP) is 2.92. The average molecular weight is 409 g/mol. The lowest BCUT2D eigenvalue weighted by atomic mass is 10.1. The molecular formula is C19H24N2O4S2. The number of nitrogens with zero attached hydrogens (tertiary/aromatic N) is 1. The SMILES string of the molecule is CSc1ccc([C@H](C)NC(=O)COc2ccc(S(=O)(=O)N(C)C)cc2)cc1. The number of carbonyl (C=O) groups excluding carboxylic acids is 1. The molecule has 0 unspecified atom stereocenters. The molecule has 0 aliphatic rings. The molecule has 0 spiro atoms. The maximum Gasteiger partial charge on any atom is 0.258 e. The van der Waals surface area contributed by atoms with E-state index in [0.29, 0.717) is 5.75 Å². The maximum atomic E-state index is 12.1. The van der Waals surface area contributed by atoms with E-state index in [2.05, 4.69) is 5.32 Å². The standard InChI is InChI=1S/C19H24N2O4S2/c1-14(15-5-9-17(26-4)10-6-15)20-19(22)13-25-16-7-11-18(12-8-16)27(23,24)21(2)3/h5-12,14H,13H2,1-4H3,(H,20,22)/t14-/m0/s1. The van der Waals surface area contributed by atoms with E-state index >= 15 is 0 Å². The minimum Gasteiger partial charge on any atom is -0.484 e. The van der Waals surface area contributed by atoms with Crippen molar-refractivity contribution in [2.75, 3.05) is 27.0 Å². The second kappa shape index (κ2) is 9.25. The highest BCUT2D eigenvalue weighted by molar-refractivity contribution is 7.98. The van der Waals surface area contributed by atoms with Crippen LogP contribution in [-0.2, 0) is 14.8 Å². The molecule has 146 valence electrons. The van der Waals surface area contributed by atoms with Crippen LogP contribution in [0, 0.1) is 0 Å². The molecule has 0 heterocycles. The first-order chi connectivity index (χ1) is 12.7. The number of ether oxygens (including phenoxy) is 1. The van der Waals surface area contributed by atoms with Gasteiger partial charge >= 0.3 is 0 Å². The monoisotopic (exact) mass is 408 g/mol. The first-order valence-electron chi connectivity index (χ1n) is 8.32. The van der Waals surface area contributed by atoms with Crippen molar-refractivity contribution in [3.8, 4) is 5.75 Å². The summed E-state index contributed by atoms with van der Waals surface area (Å²) in [5, 5.41) is 2.88. The fourth-order valence-corrected chi connectivity index (χ4v) is 3.64. The van der Waals surface area contributed by atoms with E-state index in [1.807, 2.05) is 37.4 Å². The molecule has 1 N–H and O–H groups in total. The largest absolute Gasteiger partial charge is 0.484 e. The normalized spacial score (nSPS) is 12.6. The topological polar surface area (TPSA) is 75.7 Å². The minimum atomic E-state index is -3.48. The molecule has 2 aromatic rings. The van der Waals surface area contributed by atoms with Gasteiger partial charge < -0.3 is 10.1 Å². The van der Waals surface area contributed by atoms with Crippen molar-refractivity contribution in [2.24, 2.45) is 0 Å². The van der Waals surface area contributed by atoms with Gasteiger partial charge in [-0.3, -0.25) is 4.79 Å². The van der Waals surface area contributed by atoms with Gasteiger partial charge in [0.1, 0.15) is 5.75 Å². The second-order valence-corrected chi connectivity index (χ2v) is 9.14. The second-order valence-electron chi connectivity index (χ2n) is 6.11. The number of amides is 1. The molecule has 1 atom stereocenters. The van der Waals surface area contributed by atoms with Gasteiger partial charge in [-0.15, -0.1) is 11.8 Å². The molecule has 0 saturated heterocycles. The van der Waals surface area contributed by atoms with Crippen LogP contribution in [0.15, 0.2) is 58.3 Å². The third kappa shape index (κ3) is 5.72. The lowest BCUT2D eigenvalue weighted by molar-refractivity contribution is -0.123. The Balaban J connectivity index is 1.89. The smallest absolute Gasteiger partial charge is 0.258 e. The molecule has 0 aromatic heterocycles. The number of rotatable bonds is 8. The van der Waals surface area contributed by atoms with Crippen LogP contribution in [-0.4, -0.2) is 45.6 Å². The molecule has 0 aliphatic heterocycles. The Labute approximate surface area is 165 Å². The highest BCUT2D eigenvalue weighted by atomic mass is 32.2. The number of thioether (sulfide) groups is 1. The van der Waals surface area contributed by atoms with Crippen LogP contribution >= 0.6 is 11.8 Å². The Morgan fingerprint density at radius 1 is 1.11 bits per heavy atom. The molecule has 2 aromatic carbocycles. The molecule has 27 heavy (non-hydrogen) atoms. The van der Waals surface area contributed by atoms with Crippen LogP contribution in [0.25, 0.3) is 0 Å². The van der Waals surface area contributed by atoms with Crippen molar-refractivity contribution >= 4 is 27.7 Å². The summed E-state index contributed by atoms with van der Waals surface area (Å²) in [5.41, 5.74) is 1.01. The number of sulfonamides is 1. The minimum absolute atomic E-state index is 0.135. The third-order valence-corrected chi connectivity index (χ3v) is 6.54. The summed E-state index contributed by atoms with van der Waals surface area (Å²) < 4.78 is 30.6. The fraction of sp³-hybridized carbons (Fsp3) is 0.316. The van der Waals surface area contributed by atoms with Crippen molar-refractivity contribution in [3.63, 3.8) is 0 Å². The zero-order chi connectivity index (χ0) is 20.0. The highest BCUT2D eigenvalue weighted by Gasteiger charge is 2.17. The van der Waals surface area contributed by atoms with Crippen molar-refractivity contribution in [2.45, 2.75) is 22.8 Å². The van der Waals surface area contributed by atoms with Gasteiger partial charge in [-0.1, -0.05) is 12.1 Å². The van der Waals surface area contributed by atoms with Gasteiger partial charge in [-0.2, -0.15) is 0 Å². The number of benzene rings is 2. The van der Waals surface area contributed by atoms with Crippen LogP contribution in [0.4, 0.5) is 0 Å².